The first kappa shape index (κ1) is 26.1. The third-order valence-electron chi connectivity index (χ3n) is 5.79. The van der Waals surface area contributed by atoms with Crippen molar-refractivity contribution in [2.75, 3.05) is 38.1 Å². The lowest BCUT2D eigenvalue weighted by Gasteiger charge is -2.34. The van der Waals surface area contributed by atoms with Gasteiger partial charge in [0.05, 0.1) is 11.1 Å². The number of anilines is 1. The van der Waals surface area contributed by atoms with E-state index in [2.05, 4.69) is 25.6 Å². The van der Waals surface area contributed by atoms with Crippen LogP contribution in [0.2, 0.25) is 5.02 Å². The molecule has 11 heteroatoms. The topological polar surface area (TPSA) is 120 Å². The zero-order valence-corrected chi connectivity index (χ0v) is 20.7. The molecule has 186 valence electrons. The van der Waals surface area contributed by atoms with Crippen molar-refractivity contribution in [2.24, 2.45) is 11.0 Å². The Morgan fingerprint density at radius 1 is 1.11 bits per heavy atom. The predicted octanol–water partition coefficient (Wildman–Crippen LogP) is 2.90. The van der Waals surface area contributed by atoms with Crippen molar-refractivity contribution in [2.45, 2.75) is 19.9 Å². The first-order valence-electron chi connectivity index (χ1n) is 11.3. The monoisotopic (exact) mass is 500 g/mol. The van der Waals surface area contributed by atoms with Crippen molar-refractivity contribution < 1.29 is 14.5 Å². The van der Waals surface area contributed by atoms with Gasteiger partial charge >= 0.3 is 0 Å². The van der Waals surface area contributed by atoms with Crippen molar-refractivity contribution in [3.63, 3.8) is 0 Å². The number of hydrogen-bond donors (Lipinski definition) is 2. The van der Waals surface area contributed by atoms with Gasteiger partial charge < -0.3 is 15.1 Å². The standard InChI is InChI=1S/C24H29ClN6O4/c1-16(2)22(27-23(32)17-4-6-19(25)7-5-17)24(33)28-26-15-18-14-20(31(34)35)8-9-21(18)30-12-10-29(3)11-13-30/h4-9,14-16,22H,10-13H2,1-3H3,(H,27,32)(H,28,33). The number of benzene rings is 2. The first-order chi connectivity index (χ1) is 16.7. The second kappa shape index (κ2) is 11.8. The molecule has 2 aromatic rings. The molecule has 35 heavy (non-hydrogen) atoms. The van der Waals surface area contributed by atoms with Crippen LogP contribution in [0.3, 0.4) is 0 Å². The second-order valence-corrected chi connectivity index (χ2v) is 9.16. The van der Waals surface area contributed by atoms with Gasteiger partial charge in [-0.2, -0.15) is 5.10 Å². The van der Waals surface area contributed by atoms with Gasteiger partial charge in [-0.1, -0.05) is 25.4 Å². The van der Waals surface area contributed by atoms with Gasteiger partial charge in [0.15, 0.2) is 0 Å². The van der Waals surface area contributed by atoms with Crippen LogP contribution in [0.4, 0.5) is 11.4 Å². The van der Waals surface area contributed by atoms with Crippen LogP contribution >= 0.6 is 11.6 Å². The minimum absolute atomic E-state index is 0.0639. The molecule has 3 rings (SSSR count). The molecule has 1 aliphatic heterocycles. The van der Waals surface area contributed by atoms with Crippen molar-refractivity contribution in [1.29, 1.82) is 0 Å². The molecule has 1 unspecified atom stereocenters. The summed E-state index contributed by atoms with van der Waals surface area (Å²) in [6, 6.07) is 10.1. The van der Waals surface area contributed by atoms with Gasteiger partial charge in [-0.25, -0.2) is 5.43 Å². The van der Waals surface area contributed by atoms with Gasteiger partial charge in [0.2, 0.25) is 0 Å². The first-order valence-corrected chi connectivity index (χ1v) is 11.6. The number of piperazine rings is 1. The van der Waals surface area contributed by atoms with Gasteiger partial charge in [0.25, 0.3) is 17.5 Å². The third kappa shape index (κ3) is 7.00. The lowest BCUT2D eigenvalue weighted by Crippen LogP contribution is -2.48. The number of carbonyl (C=O) groups is 2. The van der Waals surface area contributed by atoms with E-state index in [1.807, 2.05) is 20.9 Å². The second-order valence-electron chi connectivity index (χ2n) is 8.73. The number of halogens is 1. The van der Waals surface area contributed by atoms with E-state index in [4.69, 9.17) is 11.6 Å². The van der Waals surface area contributed by atoms with Crippen LogP contribution in [0.15, 0.2) is 47.6 Å². The molecule has 2 N–H and O–H groups in total. The van der Waals surface area contributed by atoms with E-state index in [1.165, 1.54) is 18.3 Å². The van der Waals surface area contributed by atoms with E-state index < -0.39 is 22.8 Å². The van der Waals surface area contributed by atoms with E-state index in [-0.39, 0.29) is 11.6 Å². The molecule has 1 heterocycles. The average molecular weight is 501 g/mol. The molecule has 0 spiro atoms. The molecule has 0 aliphatic carbocycles. The minimum atomic E-state index is -0.836. The minimum Gasteiger partial charge on any atom is -0.368 e. The van der Waals surface area contributed by atoms with Gasteiger partial charge in [-0.05, 0) is 43.3 Å². The molecule has 0 radical (unpaired) electrons. The Kier molecular flexibility index (Phi) is 8.78. The maximum atomic E-state index is 12.8. The summed E-state index contributed by atoms with van der Waals surface area (Å²) in [5, 5.41) is 18.6. The van der Waals surface area contributed by atoms with Gasteiger partial charge in [0, 0.05) is 60.1 Å². The molecule has 0 saturated carbocycles. The molecule has 0 aromatic heterocycles. The lowest BCUT2D eigenvalue weighted by molar-refractivity contribution is -0.384. The summed E-state index contributed by atoms with van der Waals surface area (Å²) < 4.78 is 0. The zero-order chi connectivity index (χ0) is 25.5. The van der Waals surface area contributed by atoms with E-state index in [9.17, 15) is 19.7 Å². The van der Waals surface area contributed by atoms with E-state index >= 15 is 0 Å². The number of non-ortho nitro benzene ring substituents is 1. The number of rotatable bonds is 8. The summed E-state index contributed by atoms with van der Waals surface area (Å²) >= 11 is 5.87. The molecular weight excluding hydrogens is 472 g/mol. The quantitative estimate of drug-likeness (QED) is 0.326. The maximum absolute atomic E-state index is 12.8. The smallest absolute Gasteiger partial charge is 0.270 e. The largest absolute Gasteiger partial charge is 0.368 e. The molecule has 1 fully saturated rings. The zero-order valence-electron chi connectivity index (χ0n) is 19.9. The summed E-state index contributed by atoms with van der Waals surface area (Å²) in [7, 11) is 2.04. The fourth-order valence-electron chi connectivity index (χ4n) is 3.69. The number of carbonyl (C=O) groups excluding carboxylic acids is 2. The third-order valence-corrected chi connectivity index (χ3v) is 6.04. The number of likely N-dealkylation sites (N-methyl/N-ethyl adjacent to an activating group) is 1. The Morgan fingerprint density at radius 2 is 1.77 bits per heavy atom. The summed E-state index contributed by atoms with van der Waals surface area (Å²) in [5.41, 5.74) is 4.11. The summed E-state index contributed by atoms with van der Waals surface area (Å²) in [5.74, 6) is -1.11. The fourth-order valence-corrected chi connectivity index (χ4v) is 3.82. The van der Waals surface area contributed by atoms with Crippen molar-refractivity contribution in [3.8, 4) is 0 Å². The number of hydrazone groups is 1. The molecule has 0 bridgehead atoms. The molecule has 2 amide bonds. The SMILES string of the molecule is CC(C)C(NC(=O)c1ccc(Cl)cc1)C(=O)NN=Cc1cc([N+](=O)[O-])ccc1N1CCN(C)CC1. The van der Waals surface area contributed by atoms with Crippen LogP contribution in [-0.2, 0) is 4.79 Å². The molecule has 1 saturated heterocycles. The highest BCUT2D eigenvalue weighted by Crippen LogP contribution is 2.25. The summed E-state index contributed by atoms with van der Waals surface area (Å²) in [6.07, 6.45) is 1.40. The number of nitro benzene ring substituents is 1. The maximum Gasteiger partial charge on any atom is 0.270 e. The molecular formula is C24H29ClN6O4. The Morgan fingerprint density at radius 3 is 2.37 bits per heavy atom. The molecule has 1 aliphatic rings. The number of nitrogens with one attached hydrogen (secondary N) is 2. The van der Waals surface area contributed by atoms with Crippen molar-refractivity contribution in [1.82, 2.24) is 15.6 Å². The van der Waals surface area contributed by atoms with E-state index in [0.717, 1.165) is 31.9 Å². The summed E-state index contributed by atoms with van der Waals surface area (Å²) in [6.45, 7) is 6.90. The molecule has 1 atom stereocenters. The number of nitro groups is 1. The average Bonchev–Trinajstić information content (AvgIpc) is 2.83. The Hall–Kier alpha value is -3.50. The van der Waals surface area contributed by atoms with E-state index in [1.54, 1.807) is 30.3 Å². The summed E-state index contributed by atoms with van der Waals surface area (Å²) in [4.78, 5) is 40.5. The van der Waals surface area contributed by atoms with E-state index in [0.29, 0.717) is 16.1 Å². The van der Waals surface area contributed by atoms with Gasteiger partial charge in [0.1, 0.15) is 6.04 Å². The van der Waals surface area contributed by atoms with Crippen LogP contribution < -0.4 is 15.6 Å². The normalized spacial score (nSPS) is 15.3. The highest BCUT2D eigenvalue weighted by molar-refractivity contribution is 6.30. The Balaban J connectivity index is 1.73. The van der Waals surface area contributed by atoms with Crippen LogP contribution in [0.1, 0.15) is 29.8 Å². The number of nitrogens with zero attached hydrogens (tertiary/aromatic N) is 4. The van der Waals surface area contributed by atoms with Crippen LogP contribution in [0, 0.1) is 16.0 Å². The number of amides is 2. The molecule has 10 nitrogen and oxygen atoms in total. The predicted molar refractivity (Wildman–Crippen MR) is 136 cm³/mol. The highest BCUT2D eigenvalue weighted by atomic mass is 35.5. The molecule has 2 aromatic carbocycles. The van der Waals surface area contributed by atoms with Crippen molar-refractivity contribution >= 4 is 41.0 Å². The van der Waals surface area contributed by atoms with Crippen LogP contribution in [-0.4, -0.2) is 67.1 Å². The van der Waals surface area contributed by atoms with Crippen LogP contribution in [0.25, 0.3) is 0 Å². The Labute approximate surface area is 209 Å². The lowest BCUT2D eigenvalue weighted by atomic mass is 10.0. The highest BCUT2D eigenvalue weighted by Gasteiger charge is 2.25. The van der Waals surface area contributed by atoms with Gasteiger partial charge in [-0.15, -0.1) is 0 Å². The van der Waals surface area contributed by atoms with Gasteiger partial charge in [-0.3, -0.25) is 19.7 Å². The Bertz CT molecular complexity index is 1100. The number of hydrogen-bond acceptors (Lipinski definition) is 7. The fraction of sp³-hybridized carbons (Fsp3) is 0.375. The van der Waals surface area contributed by atoms with Crippen LogP contribution in [0.5, 0.6) is 0 Å². The van der Waals surface area contributed by atoms with Crippen molar-refractivity contribution in [3.05, 3.63) is 68.7 Å².